The van der Waals surface area contributed by atoms with Crippen molar-refractivity contribution in [2.75, 3.05) is 0 Å². The summed E-state index contributed by atoms with van der Waals surface area (Å²) in [5.41, 5.74) is 0.372. The minimum Gasteiger partial charge on any atom is -0.508 e. The number of benzene rings is 1. The van der Waals surface area contributed by atoms with Crippen LogP contribution in [-0.4, -0.2) is 27.8 Å². The van der Waals surface area contributed by atoms with Crippen molar-refractivity contribution in [3.63, 3.8) is 0 Å². The van der Waals surface area contributed by atoms with E-state index in [9.17, 15) is 28.2 Å². The van der Waals surface area contributed by atoms with Crippen LogP contribution in [0.3, 0.4) is 0 Å². The molecule has 0 heterocycles. The highest BCUT2D eigenvalue weighted by Crippen LogP contribution is 2.44. The van der Waals surface area contributed by atoms with E-state index in [4.69, 9.17) is 0 Å². The maximum Gasteiger partial charge on any atom is 0.411 e. The molecule has 0 aromatic heterocycles. The number of amides is 1. The van der Waals surface area contributed by atoms with Gasteiger partial charge in [-0.15, -0.1) is 0 Å². The first-order chi connectivity index (χ1) is 16.4. The number of halogens is 3. The van der Waals surface area contributed by atoms with E-state index in [1.807, 2.05) is 33.8 Å². The van der Waals surface area contributed by atoms with E-state index >= 15 is 0 Å². The summed E-state index contributed by atoms with van der Waals surface area (Å²) in [6.45, 7) is 8.02. The van der Waals surface area contributed by atoms with Gasteiger partial charge >= 0.3 is 6.18 Å². The Morgan fingerprint density at radius 3 is 2.34 bits per heavy atom. The predicted octanol–water partition coefficient (Wildman–Crippen LogP) is 7.67. The number of carbonyl (C=O) groups is 1. The maximum absolute atomic E-state index is 13.9. The molecular weight excluding hydrogens is 455 g/mol. The Balaban J connectivity index is 2.41. The Hall–Kier alpha value is -2.44. The van der Waals surface area contributed by atoms with Crippen LogP contribution in [0.2, 0.25) is 0 Å². The zero-order valence-electron chi connectivity index (χ0n) is 21.4. The van der Waals surface area contributed by atoms with E-state index < -0.39 is 23.4 Å². The Bertz CT molecular complexity index is 938. The lowest BCUT2D eigenvalue weighted by Gasteiger charge is -2.33. The largest absolute Gasteiger partial charge is 0.508 e. The van der Waals surface area contributed by atoms with Crippen LogP contribution in [-0.2, 0) is 12.8 Å². The molecule has 0 spiro atoms. The topological polar surface area (TPSA) is 69.6 Å². The third-order valence-corrected chi connectivity index (χ3v) is 6.84. The molecule has 35 heavy (non-hydrogen) atoms. The molecule has 7 heteroatoms. The highest BCUT2D eigenvalue weighted by molar-refractivity contribution is 5.99. The van der Waals surface area contributed by atoms with Gasteiger partial charge in [0.2, 0.25) is 0 Å². The molecular formula is C28H40F3NO3. The van der Waals surface area contributed by atoms with Gasteiger partial charge in [0.05, 0.1) is 5.56 Å². The van der Waals surface area contributed by atoms with Gasteiger partial charge in [-0.25, -0.2) is 0 Å². The van der Waals surface area contributed by atoms with Gasteiger partial charge in [-0.3, -0.25) is 4.79 Å². The number of carbonyl (C=O) groups excluding carboxylic acids is 1. The molecule has 1 saturated carbocycles. The lowest BCUT2D eigenvalue weighted by Crippen LogP contribution is -2.57. The highest BCUT2D eigenvalue weighted by Gasteiger charge is 2.57. The summed E-state index contributed by atoms with van der Waals surface area (Å²) in [4.78, 5) is 13.3. The molecule has 2 rings (SSSR count). The minimum atomic E-state index is -4.58. The number of alkyl halides is 3. The number of aryl methyl sites for hydroxylation is 1. The van der Waals surface area contributed by atoms with Crippen LogP contribution >= 0.6 is 0 Å². The lowest BCUT2D eigenvalue weighted by atomic mass is 9.92. The first-order valence-electron chi connectivity index (χ1n) is 12.7. The van der Waals surface area contributed by atoms with Crippen LogP contribution in [0.4, 0.5) is 13.2 Å². The highest BCUT2D eigenvalue weighted by atomic mass is 19.4. The summed E-state index contributed by atoms with van der Waals surface area (Å²) in [6.07, 6.45) is 4.56. The molecule has 0 aliphatic heterocycles. The molecule has 1 aliphatic rings. The fourth-order valence-electron chi connectivity index (χ4n) is 4.67. The smallest absolute Gasteiger partial charge is 0.411 e. The summed E-state index contributed by atoms with van der Waals surface area (Å²) in [6, 6.07) is 1.43. The van der Waals surface area contributed by atoms with Gasteiger partial charge in [0, 0.05) is 5.56 Å². The van der Waals surface area contributed by atoms with E-state index in [1.165, 1.54) is 11.6 Å². The summed E-state index contributed by atoms with van der Waals surface area (Å²) in [5, 5.41) is 24.0. The zero-order chi connectivity index (χ0) is 26.2. The van der Waals surface area contributed by atoms with Gasteiger partial charge in [0.25, 0.3) is 5.91 Å². The Labute approximate surface area is 207 Å². The second kappa shape index (κ2) is 12.5. The molecule has 0 unspecified atom stereocenters. The van der Waals surface area contributed by atoms with Crippen LogP contribution < -0.4 is 5.32 Å². The molecule has 1 aliphatic carbocycles. The van der Waals surface area contributed by atoms with Gasteiger partial charge in [-0.2, -0.15) is 13.2 Å². The second-order valence-electron chi connectivity index (χ2n) is 10.0. The third kappa shape index (κ3) is 7.52. The fraction of sp³-hybridized carbons (Fsp3) is 0.607. The normalized spacial score (nSPS) is 15.8. The second-order valence-corrected chi connectivity index (χ2v) is 10.0. The summed E-state index contributed by atoms with van der Waals surface area (Å²) in [5.74, 6) is -1.51. The van der Waals surface area contributed by atoms with Crippen LogP contribution in [0.5, 0.6) is 11.5 Å². The van der Waals surface area contributed by atoms with E-state index in [1.54, 1.807) is 0 Å². The summed E-state index contributed by atoms with van der Waals surface area (Å²) < 4.78 is 41.8. The first kappa shape index (κ1) is 28.8. The molecule has 0 bridgehead atoms. The van der Waals surface area contributed by atoms with Crippen molar-refractivity contribution in [3.05, 3.63) is 46.1 Å². The SMILES string of the molecule is CCCCCc1cc(O)c(CC=C(C)CCC=C(C)C)c(O)c1C(=O)NC1(C(F)(F)F)CCCC1. The molecule has 1 aromatic rings. The molecule has 1 aromatic carbocycles. The fourth-order valence-corrected chi connectivity index (χ4v) is 4.67. The first-order valence-corrected chi connectivity index (χ1v) is 12.7. The third-order valence-electron chi connectivity index (χ3n) is 6.84. The molecule has 0 saturated heterocycles. The average molecular weight is 496 g/mol. The van der Waals surface area contributed by atoms with Crippen molar-refractivity contribution in [3.8, 4) is 11.5 Å². The predicted molar refractivity (Wildman–Crippen MR) is 134 cm³/mol. The van der Waals surface area contributed by atoms with E-state index in [0.717, 1.165) is 31.3 Å². The van der Waals surface area contributed by atoms with Gasteiger partial charge in [-0.05, 0) is 77.3 Å². The zero-order valence-corrected chi connectivity index (χ0v) is 21.4. The Morgan fingerprint density at radius 1 is 1.11 bits per heavy atom. The number of nitrogens with one attached hydrogen (secondary N) is 1. The maximum atomic E-state index is 13.9. The van der Waals surface area contributed by atoms with Crippen molar-refractivity contribution in [2.24, 2.45) is 0 Å². The van der Waals surface area contributed by atoms with Gasteiger partial charge in [-0.1, -0.05) is 55.9 Å². The monoisotopic (exact) mass is 495 g/mol. The van der Waals surface area contributed by atoms with Crippen molar-refractivity contribution in [1.82, 2.24) is 5.32 Å². The molecule has 1 amide bonds. The Morgan fingerprint density at radius 2 is 1.77 bits per heavy atom. The molecule has 1 fully saturated rings. The van der Waals surface area contributed by atoms with E-state index in [0.29, 0.717) is 31.2 Å². The number of aromatic hydroxyl groups is 2. The lowest BCUT2D eigenvalue weighted by molar-refractivity contribution is -0.191. The molecule has 4 nitrogen and oxygen atoms in total. The van der Waals surface area contributed by atoms with Gasteiger partial charge < -0.3 is 15.5 Å². The number of hydrogen-bond donors (Lipinski definition) is 3. The number of hydrogen-bond acceptors (Lipinski definition) is 3. The molecule has 196 valence electrons. The van der Waals surface area contributed by atoms with Crippen molar-refractivity contribution in [1.29, 1.82) is 0 Å². The summed E-state index contributed by atoms with van der Waals surface area (Å²) >= 11 is 0. The van der Waals surface area contributed by atoms with E-state index in [-0.39, 0.29) is 36.1 Å². The van der Waals surface area contributed by atoms with Crippen LogP contribution in [0.15, 0.2) is 29.4 Å². The van der Waals surface area contributed by atoms with Crippen molar-refractivity contribution >= 4 is 5.91 Å². The van der Waals surface area contributed by atoms with Crippen molar-refractivity contribution < 1.29 is 28.2 Å². The van der Waals surface area contributed by atoms with Crippen LogP contribution in [0.25, 0.3) is 0 Å². The number of rotatable bonds is 11. The standard InChI is InChI=1S/C28H40F3NO3/c1-5-6-7-13-21-18-23(33)22(15-14-20(4)12-10-11-19(2)3)25(34)24(21)26(35)32-27(28(29,30)31)16-8-9-17-27/h11,14,18,33-34H,5-10,12-13,15-17H2,1-4H3,(H,32,35). The van der Waals surface area contributed by atoms with Gasteiger partial charge in [0.1, 0.15) is 17.0 Å². The number of unbranched alkanes of at least 4 members (excludes halogenated alkanes) is 2. The van der Waals surface area contributed by atoms with Gasteiger partial charge in [0.15, 0.2) is 0 Å². The molecule has 0 atom stereocenters. The average Bonchev–Trinajstić information content (AvgIpc) is 3.23. The number of phenolic OH excluding ortho intramolecular Hbond substituents is 2. The molecule has 0 radical (unpaired) electrons. The Kier molecular flexibility index (Phi) is 10.3. The quantitative estimate of drug-likeness (QED) is 0.218. The van der Waals surface area contributed by atoms with Crippen molar-refractivity contribution in [2.45, 2.75) is 110 Å². The number of allylic oxidation sites excluding steroid dienone is 4. The number of phenols is 2. The summed E-state index contributed by atoms with van der Waals surface area (Å²) in [7, 11) is 0. The van der Waals surface area contributed by atoms with E-state index in [2.05, 4.69) is 11.4 Å². The minimum absolute atomic E-state index is 0.148. The molecule has 3 N–H and O–H groups in total. The van der Waals surface area contributed by atoms with Crippen LogP contribution in [0.1, 0.15) is 107 Å². The van der Waals surface area contributed by atoms with Crippen LogP contribution in [0, 0.1) is 0 Å².